The van der Waals surface area contributed by atoms with Crippen LogP contribution in [0.15, 0.2) is 24.3 Å². The van der Waals surface area contributed by atoms with Crippen molar-refractivity contribution in [3.8, 4) is 0 Å². The summed E-state index contributed by atoms with van der Waals surface area (Å²) in [5, 5.41) is 23.1. The molecular weight excluding hydrogens is 779 g/mol. The number of aliphatic hydroxyl groups excluding tert-OH is 2. The van der Waals surface area contributed by atoms with Gasteiger partial charge in [0.1, 0.15) is 0 Å². The summed E-state index contributed by atoms with van der Waals surface area (Å²) in [7, 11) is 0. The van der Waals surface area contributed by atoms with E-state index in [-0.39, 0.29) is 18.5 Å². The molecule has 0 saturated carbocycles. The molecule has 2 atom stereocenters. The third-order valence-corrected chi connectivity index (χ3v) is 13.0. The minimum Gasteiger partial charge on any atom is -0.466 e. The fraction of sp³-hybridized carbons (Fsp3) is 0.895. The number of hydrogen-bond acceptors (Lipinski definition) is 5. The van der Waals surface area contributed by atoms with Gasteiger partial charge in [0.2, 0.25) is 5.91 Å². The second kappa shape index (κ2) is 53.0. The third-order valence-electron chi connectivity index (χ3n) is 13.0. The van der Waals surface area contributed by atoms with Gasteiger partial charge in [-0.25, -0.2) is 0 Å². The van der Waals surface area contributed by atoms with Crippen LogP contribution >= 0.6 is 0 Å². The van der Waals surface area contributed by atoms with Gasteiger partial charge in [0.25, 0.3) is 0 Å². The van der Waals surface area contributed by atoms with Gasteiger partial charge in [-0.1, -0.05) is 237 Å². The number of unbranched alkanes of at least 4 members (excludes halogenated alkanes) is 37. The molecule has 0 aliphatic heterocycles. The molecule has 0 aromatic rings. The van der Waals surface area contributed by atoms with Gasteiger partial charge in [-0.2, -0.15) is 0 Å². The zero-order valence-corrected chi connectivity index (χ0v) is 42.3. The summed E-state index contributed by atoms with van der Waals surface area (Å²) in [6.45, 7) is 4.92. The number of amides is 1. The van der Waals surface area contributed by atoms with Crippen molar-refractivity contribution < 1.29 is 24.5 Å². The first-order valence-corrected chi connectivity index (χ1v) is 28.1. The minimum atomic E-state index is -0.666. The van der Waals surface area contributed by atoms with Crippen molar-refractivity contribution in [3.05, 3.63) is 24.3 Å². The largest absolute Gasteiger partial charge is 0.466 e. The van der Waals surface area contributed by atoms with Crippen molar-refractivity contribution in [2.24, 2.45) is 0 Å². The molecule has 0 bridgehead atoms. The van der Waals surface area contributed by atoms with Gasteiger partial charge in [-0.05, 0) is 77.0 Å². The molecule has 0 aliphatic carbocycles. The number of rotatable bonds is 52. The highest BCUT2D eigenvalue weighted by molar-refractivity contribution is 5.76. The number of aliphatic hydroxyl groups is 2. The van der Waals surface area contributed by atoms with Crippen LogP contribution in [-0.4, -0.2) is 47.4 Å². The molecule has 1 amide bonds. The van der Waals surface area contributed by atoms with Crippen LogP contribution < -0.4 is 5.32 Å². The summed E-state index contributed by atoms with van der Waals surface area (Å²) >= 11 is 0. The van der Waals surface area contributed by atoms with Crippen LogP contribution in [0.4, 0.5) is 0 Å². The molecular formula is C57H109NO5. The lowest BCUT2D eigenvalue weighted by Crippen LogP contribution is -2.45. The van der Waals surface area contributed by atoms with E-state index in [1.54, 1.807) is 0 Å². The molecule has 6 nitrogen and oxygen atoms in total. The number of nitrogens with one attached hydrogen (secondary N) is 1. The predicted molar refractivity (Wildman–Crippen MR) is 273 cm³/mol. The number of hydrogen-bond donors (Lipinski definition) is 3. The Balaban J connectivity index is 3.39. The van der Waals surface area contributed by atoms with Crippen molar-refractivity contribution >= 4 is 11.9 Å². The van der Waals surface area contributed by atoms with Crippen molar-refractivity contribution in [3.63, 3.8) is 0 Å². The van der Waals surface area contributed by atoms with E-state index in [9.17, 15) is 19.8 Å². The average molecular weight is 889 g/mol. The van der Waals surface area contributed by atoms with E-state index in [1.807, 2.05) is 0 Å². The van der Waals surface area contributed by atoms with E-state index < -0.39 is 12.1 Å². The van der Waals surface area contributed by atoms with E-state index in [4.69, 9.17) is 4.74 Å². The van der Waals surface area contributed by atoms with Gasteiger partial charge in [0, 0.05) is 12.8 Å². The van der Waals surface area contributed by atoms with Crippen molar-refractivity contribution in [1.29, 1.82) is 0 Å². The van der Waals surface area contributed by atoms with Crippen LogP contribution in [0.5, 0.6) is 0 Å². The van der Waals surface area contributed by atoms with Crippen LogP contribution in [-0.2, 0) is 14.3 Å². The quantitative estimate of drug-likeness (QED) is 0.0321. The van der Waals surface area contributed by atoms with E-state index >= 15 is 0 Å². The summed E-state index contributed by atoms with van der Waals surface area (Å²) in [6, 6.07) is -0.545. The molecule has 3 N–H and O–H groups in total. The molecule has 63 heavy (non-hydrogen) atoms. The molecule has 0 aromatic heterocycles. The molecule has 0 aliphatic rings. The van der Waals surface area contributed by atoms with Gasteiger partial charge in [-0.3, -0.25) is 9.59 Å². The van der Waals surface area contributed by atoms with Crippen LogP contribution in [0.2, 0.25) is 0 Å². The van der Waals surface area contributed by atoms with Gasteiger partial charge in [-0.15, -0.1) is 0 Å². The van der Waals surface area contributed by atoms with Crippen LogP contribution in [0.25, 0.3) is 0 Å². The van der Waals surface area contributed by atoms with Crippen LogP contribution in [0, 0.1) is 0 Å². The zero-order chi connectivity index (χ0) is 45.8. The number of carbonyl (C=O) groups excluding carboxylic acids is 2. The summed E-state index contributed by atoms with van der Waals surface area (Å²) in [5.41, 5.74) is 0. The Morgan fingerprint density at radius 1 is 0.429 bits per heavy atom. The molecule has 2 unspecified atom stereocenters. The fourth-order valence-corrected chi connectivity index (χ4v) is 8.63. The standard InChI is InChI=1S/C57H109NO5/c1-3-5-7-9-11-13-14-15-16-25-28-31-35-39-43-47-51-57(62)63-52-48-44-40-36-32-29-26-23-21-19-17-18-20-22-24-27-30-34-38-42-46-50-56(61)58-54(53-59)55(60)49-45-41-37-33-12-10-8-6-4-2/h16,18,20,25,54-55,59-60H,3-15,17,19,21-24,26-53H2,1-2H3,(H,58,61)/b20-18-,25-16-. The van der Waals surface area contributed by atoms with Gasteiger partial charge in [0.15, 0.2) is 0 Å². The molecule has 6 heteroatoms. The smallest absolute Gasteiger partial charge is 0.305 e. The number of esters is 1. The van der Waals surface area contributed by atoms with Crippen molar-refractivity contribution in [1.82, 2.24) is 5.32 Å². The minimum absolute atomic E-state index is 0.000651. The molecule has 0 aromatic carbocycles. The van der Waals surface area contributed by atoms with Crippen LogP contribution in [0.3, 0.4) is 0 Å². The first-order valence-electron chi connectivity index (χ1n) is 28.1. The third kappa shape index (κ3) is 49.6. The zero-order valence-electron chi connectivity index (χ0n) is 42.3. The van der Waals surface area contributed by atoms with Gasteiger partial charge < -0.3 is 20.3 Å². The normalized spacial score (nSPS) is 12.8. The van der Waals surface area contributed by atoms with Crippen LogP contribution in [0.1, 0.15) is 303 Å². The SMILES string of the molecule is CCCCCCCCC/C=C\CCCCCCCC(=O)OCCCCCCCCCCCC/C=C\CCCCCCCCCC(=O)NC(CO)C(O)CCCCCCCCCCC. The van der Waals surface area contributed by atoms with Gasteiger partial charge in [0.05, 0.1) is 25.4 Å². The lowest BCUT2D eigenvalue weighted by atomic mass is 10.0. The molecule has 0 heterocycles. The molecule has 0 radical (unpaired) electrons. The molecule has 0 spiro atoms. The summed E-state index contributed by atoms with van der Waals surface area (Å²) < 4.78 is 5.48. The molecule has 0 rings (SSSR count). The summed E-state index contributed by atoms with van der Waals surface area (Å²) in [6.07, 6.45) is 63.2. The Morgan fingerprint density at radius 3 is 1.13 bits per heavy atom. The first-order chi connectivity index (χ1) is 31.0. The maximum atomic E-state index is 12.4. The number of allylic oxidation sites excluding steroid dienone is 4. The fourth-order valence-electron chi connectivity index (χ4n) is 8.63. The second-order valence-corrected chi connectivity index (χ2v) is 19.3. The van der Waals surface area contributed by atoms with E-state index in [0.29, 0.717) is 25.9 Å². The maximum Gasteiger partial charge on any atom is 0.305 e. The Labute approximate surface area is 392 Å². The highest BCUT2D eigenvalue weighted by Crippen LogP contribution is 2.16. The van der Waals surface area contributed by atoms with Gasteiger partial charge >= 0.3 is 5.97 Å². The van der Waals surface area contributed by atoms with Crippen molar-refractivity contribution in [2.75, 3.05) is 13.2 Å². The van der Waals surface area contributed by atoms with E-state index in [2.05, 4.69) is 43.5 Å². The highest BCUT2D eigenvalue weighted by Gasteiger charge is 2.20. The van der Waals surface area contributed by atoms with Crippen molar-refractivity contribution in [2.45, 2.75) is 315 Å². The topological polar surface area (TPSA) is 95.9 Å². The Kier molecular flexibility index (Phi) is 51.6. The second-order valence-electron chi connectivity index (χ2n) is 19.3. The molecule has 372 valence electrons. The number of carbonyl (C=O) groups is 2. The average Bonchev–Trinajstić information content (AvgIpc) is 3.28. The summed E-state index contributed by atoms with van der Waals surface area (Å²) in [5.74, 6) is -0.0445. The summed E-state index contributed by atoms with van der Waals surface area (Å²) in [4.78, 5) is 24.4. The predicted octanol–water partition coefficient (Wildman–Crippen LogP) is 17.1. The first kappa shape index (κ1) is 61.3. The molecule has 0 saturated heterocycles. The van der Waals surface area contributed by atoms with E-state index in [1.165, 1.54) is 225 Å². The Morgan fingerprint density at radius 2 is 0.746 bits per heavy atom. The Bertz CT molecular complexity index is 982. The monoisotopic (exact) mass is 888 g/mol. The maximum absolute atomic E-state index is 12.4. The number of ether oxygens (including phenoxy) is 1. The molecule has 0 fully saturated rings. The lowest BCUT2D eigenvalue weighted by Gasteiger charge is -2.22. The Hall–Kier alpha value is -1.66. The van der Waals surface area contributed by atoms with E-state index in [0.717, 1.165) is 44.9 Å². The highest BCUT2D eigenvalue weighted by atomic mass is 16.5. The lowest BCUT2D eigenvalue weighted by molar-refractivity contribution is -0.143.